The van der Waals surface area contributed by atoms with Crippen LogP contribution in [0.1, 0.15) is 44.1 Å². The number of guanidine groups is 1. The minimum Gasteiger partial charge on any atom is -0.357 e. The number of aromatic nitrogens is 2. The van der Waals surface area contributed by atoms with Gasteiger partial charge in [0.25, 0.3) is 0 Å². The number of carbonyl (C=O) groups is 1. The minimum atomic E-state index is 0.242. The maximum absolute atomic E-state index is 12.2. The molecule has 0 aromatic carbocycles. The van der Waals surface area contributed by atoms with Crippen molar-refractivity contribution in [3.8, 4) is 0 Å². The lowest BCUT2D eigenvalue weighted by molar-refractivity contribution is -0.129. The quantitative estimate of drug-likeness (QED) is 0.642. The molecule has 0 spiro atoms. The van der Waals surface area contributed by atoms with Crippen LogP contribution in [0.15, 0.2) is 17.4 Å². The lowest BCUT2D eigenvalue weighted by atomic mass is 10.0. The van der Waals surface area contributed by atoms with Gasteiger partial charge in [-0.1, -0.05) is 0 Å². The summed E-state index contributed by atoms with van der Waals surface area (Å²) in [6, 6.07) is 0. The van der Waals surface area contributed by atoms with Gasteiger partial charge in [-0.15, -0.1) is 0 Å². The highest BCUT2D eigenvalue weighted by Crippen LogP contribution is 2.26. The van der Waals surface area contributed by atoms with E-state index < -0.39 is 0 Å². The molecule has 1 N–H and O–H groups in total. The molecule has 2 fully saturated rings. The molecule has 138 valence electrons. The Morgan fingerprint density at radius 2 is 2.12 bits per heavy atom. The number of aliphatic imine (C=N–C) groups is 1. The van der Waals surface area contributed by atoms with Crippen LogP contribution >= 0.6 is 0 Å². The predicted octanol–water partition coefficient (Wildman–Crippen LogP) is 1.19. The average molecular weight is 346 g/mol. The molecular weight excluding hydrogens is 316 g/mol. The van der Waals surface area contributed by atoms with Crippen molar-refractivity contribution < 1.29 is 4.79 Å². The molecule has 7 heteroatoms. The van der Waals surface area contributed by atoms with E-state index in [1.807, 2.05) is 22.8 Å². The van der Waals surface area contributed by atoms with E-state index in [9.17, 15) is 4.79 Å². The van der Waals surface area contributed by atoms with E-state index in [4.69, 9.17) is 4.99 Å². The second-order valence-corrected chi connectivity index (χ2v) is 6.95. The number of nitrogens with one attached hydrogen (secondary N) is 1. The molecule has 25 heavy (non-hydrogen) atoms. The Kier molecular flexibility index (Phi) is 5.94. The standard InChI is InChI=1S/C18H30N6O/c1-3-19-18(20-8-6-17(25)23-9-4-5-10-23)24-11-7-15(14-24)16-12-21-22(2)13-16/h12-13,15H,3-11,14H2,1-2H3,(H,19,20). The molecule has 1 aromatic heterocycles. The smallest absolute Gasteiger partial charge is 0.224 e. The lowest BCUT2D eigenvalue weighted by Gasteiger charge is -2.22. The second kappa shape index (κ2) is 8.36. The summed E-state index contributed by atoms with van der Waals surface area (Å²) in [5.41, 5.74) is 1.30. The van der Waals surface area contributed by atoms with Gasteiger partial charge in [0.2, 0.25) is 5.91 Å². The van der Waals surface area contributed by atoms with E-state index >= 15 is 0 Å². The summed E-state index contributed by atoms with van der Waals surface area (Å²) < 4.78 is 1.86. The molecule has 0 saturated carbocycles. The highest BCUT2D eigenvalue weighted by atomic mass is 16.2. The van der Waals surface area contributed by atoms with E-state index in [0.717, 1.165) is 57.9 Å². The Hall–Kier alpha value is -2.05. The zero-order valence-corrected chi connectivity index (χ0v) is 15.4. The first-order valence-electron chi connectivity index (χ1n) is 9.47. The summed E-state index contributed by atoms with van der Waals surface area (Å²) in [7, 11) is 1.96. The number of likely N-dealkylation sites (tertiary alicyclic amines) is 2. The van der Waals surface area contributed by atoms with Gasteiger partial charge in [-0.3, -0.25) is 14.5 Å². The number of aryl methyl sites for hydroxylation is 1. The third kappa shape index (κ3) is 4.52. The highest BCUT2D eigenvalue weighted by molar-refractivity contribution is 5.81. The largest absolute Gasteiger partial charge is 0.357 e. The van der Waals surface area contributed by atoms with Crippen LogP contribution in [0, 0.1) is 0 Å². The number of amides is 1. The van der Waals surface area contributed by atoms with Gasteiger partial charge in [-0.2, -0.15) is 5.10 Å². The summed E-state index contributed by atoms with van der Waals surface area (Å²) in [4.78, 5) is 21.1. The first-order valence-corrected chi connectivity index (χ1v) is 9.47. The van der Waals surface area contributed by atoms with E-state index in [-0.39, 0.29) is 5.91 Å². The van der Waals surface area contributed by atoms with Crippen LogP contribution < -0.4 is 5.32 Å². The van der Waals surface area contributed by atoms with Crippen LogP contribution in [0.3, 0.4) is 0 Å². The molecule has 0 bridgehead atoms. The van der Waals surface area contributed by atoms with E-state index in [0.29, 0.717) is 18.9 Å². The molecule has 1 atom stereocenters. The minimum absolute atomic E-state index is 0.242. The summed E-state index contributed by atoms with van der Waals surface area (Å²) in [6.45, 7) is 7.27. The van der Waals surface area contributed by atoms with Crippen molar-refractivity contribution in [2.75, 3.05) is 39.3 Å². The van der Waals surface area contributed by atoms with Crippen LogP contribution in [0.4, 0.5) is 0 Å². The molecule has 2 aliphatic heterocycles. The normalized spacial score (nSPS) is 21.2. The third-order valence-electron chi connectivity index (χ3n) is 5.06. The van der Waals surface area contributed by atoms with Crippen LogP contribution in [0.5, 0.6) is 0 Å². The lowest BCUT2D eigenvalue weighted by Crippen LogP contribution is -2.40. The molecule has 0 radical (unpaired) electrons. The number of hydrogen-bond acceptors (Lipinski definition) is 3. The highest BCUT2D eigenvalue weighted by Gasteiger charge is 2.27. The van der Waals surface area contributed by atoms with Crippen molar-refractivity contribution in [2.24, 2.45) is 12.0 Å². The van der Waals surface area contributed by atoms with Gasteiger partial charge in [-0.05, 0) is 31.7 Å². The molecular formula is C18H30N6O. The molecule has 3 heterocycles. The van der Waals surface area contributed by atoms with Crippen molar-refractivity contribution in [3.05, 3.63) is 18.0 Å². The molecule has 0 aliphatic carbocycles. The van der Waals surface area contributed by atoms with Crippen molar-refractivity contribution >= 4 is 11.9 Å². The Morgan fingerprint density at radius 3 is 2.80 bits per heavy atom. The Bertz CT molecular complexity index is 604. The Labute approximate surface area is 150 Å². The van der Waals surface area contributed by atoms with Crippen molar-refractivity contribution in [1.29, 1.82) is 0 Å². The molecule has 2 saturated heterocycles. The zero-order chi connectivity index (χ0) is 17.6. The van der Waals surface area contributed by atoms with E-state index in [1.54, 1.807) is 0 Å². The second-order valence-electron chi connectivity index (χ2n) is 6.95. The SMILES string of the molecule is CCNC(=NCCC(=O)N1CCCC1)N1CCC(c2cnn(C)c2)C1. The fraction of sp³-hybridized carbons (Fsp3) is 0.722. The third-order valence-corrected chi connectivity index (χ3v) is 5.06. The monoisotopic (exact) mass is 346 g/mol. The van der Waals surface area contributed by atoms with E-state index in [2.05, 4.69) is 28.4 Å². The number of hydrogen-bond donors (Lipinski definition) is 1. The number of rotatable bonds is 5. The average Bonchev–Trinajstić information content (AvgIpc) is 3.34. The van der Waals surface area contributed by atoms with Gasteiger partial charge in [0.15, 0.2) is 5.96 Å². The summed E-state index contributed by atoms with van der Waals surface area (Å²) >= 11 is 0. The number of carbonyl (C=O) groups excluding carboxylic acids is 1. The maximum atomic E-state index is 12.2. The first-order chi connectivity index (χ1) is 12.2. The van der Waals surface area contributed by atoms with Crippen molar-refractivity contribution in [1.82, 2.24) is 24.9 Å². The van der Waals surface area contributed by atoms with Crippen LogP contribution in [0.2, 0.25) is 0 Å². The molecule has 1 amide bonds. The van der Waals surface area contributed by atoms with Crippen LogP contribution in [-0.2, 0) is 11.8 Å². The van der Waals surface area contributed by atoms with Crippen molar-refractivity contribution in [3.63, 3.8) is 0 Å². The summed E-state index contributed by atoms with van der Waals surface area (Å²) in [5, 5.41) is 7.66. The molecule has 1 aromatic rings. The van der Waals surface area contributed by atoms with Gasteiger partial charge in [-0.25, -0.2) is 0 Å². The van der Waals surface area contributed by atoms with Crippen LogP contribution in [0.25, 0.3) is 0 Å². The van der Waals surface area contributed by atoms with Gasteiger partial charge < -0.3 is 15.1 Å². The number of nitrogens with zero attached hydrogens (tertiary/aromatic N) is 5. The Morgan fingerprint density at radius 1 is 1.32 bits per heavy atom. The van der Waals surface area contributed by atoms with Gasteiger partial charge in [0.1, 0.15) is 0 Å². The first kappa shape index (κ1) is 17.8. The zero-order valence-electron chi connectivity index (χ0n) is 15.4. The van der Waals surface area contributed by atoms with E-state index in [1.165, 1.54) is 5.56 Å². The van der Waals surface area contributed by atoms with Gasteiger partial charge in [0.05, 0.1) is 12.7 Å². The molecule has 2 aliphatic rings. The fourth-order valence-corrected chi connectivity index (χ4v) is 3.68. The fourth-order valence-electron chi connectivity index (χ4n) is 3.68. The molecule has 1 unspecified atom stereocenters. The van der Waals surface area contributed by atoms with Gasteiger partial charge >= 0.3 is 0 Å². The predicted molar refractivity (Wildman–Crippen MR) is 98.5 cm³/mol. The summed E-state index contributed by atoms with van der Waals surface area (Å²) in [6.07, 6.45) is 7.97. The molecule has 7 nitrogen and oxygen atoms in total. The van der Waals surface area contributed by atoms with Crippen molar-refractivity contribution in [2.45, 2.75) is 38.5 Å². The van der Waals surface area contributed by atoms with Crippen LogP contribution in [-0.4, -0.2) is 70.7 Å². The Balaban J connectivity index is 1.54. The molecule has 3 rings (SSSR count). The summed E-state index contributed by atoms with van der Waals surface area (Å²) in [5.74, 6) is 1.68. The topological polar surface area (TPSA) is 65.8 Å². The van der Waals surface area contributed by atoms with Gasteiger partial charge in [0, 0.05) is 58.3 Å². The maximum Gasteiger partial charge on any atom is 0.224 e.